The van der Waals surface area contributed by atoms with Crippen LogP contribution in [-0.4, -0.2) is 60.4 Å². The van der Waals surface area contributed by atoms with E-state index in [1.807, 2.05) is 57.1 Å². The predicted octanol–water partition coefficient (Wildman–Crippen LogP) is 4.50. The maximum Gasteiger partial charge on any atom is 0.222 e. The maximum absolute atomic E-state index is 11.9. The number of allylic oxidation sites excluding steroid dienone is 4. The molecule has 0 aromatic heterocycles. The van der Waals surface area contributed by atoms with E-state index in [2.05, 4.69) is 29.2 Å². The molecule has 0 bridgehead atoms. The van der Waals surface area contributed by atoms with Gasteiger partial charge in [-0.1, -0.05) is 55.0 Å². The first kappa shape index (κ1) is 27.7. The molecule has 0 aliphatic rings. The van der Waals surface area contributed by atoms with Crippen molar-refractivity contribution < 1.29 is 15.0 Å². The standard InChI is InChI=1S/C27H42N2O3/c1-5-29(6-2)27(32)16-12-11-15-25(30)13-9-7-8-10-14-26(31)22-19-23-17-20-24(21-18-23)28(3)4/h7-10,13-14,17-18,20-21,25-26,30-31H,5-6,11-12,15-16,19,22H2,1-4H3/b8-7+,13-9+,14-10+. The molecule has 0 heterocycles. The molecule has 0 radical (unpaired) electrons. The molecule has 0 aliphatic heterocycles. The number of rotatable bonds is 15. The first-order valence-electron chi connectivity index (χ1n) is 11.8. The Morgan fingerprint density at radius 3 is 1.97 bits per heavy atom. The van der Waals surface area contributed by atoms with E-state index in [0.717, 1.165) is 32.4 Å². The summed E-state index contributed by atoms with van der Waals surface area (Å²) in [6.45, 7) is 5.49. The van der Waals surface area contributed by atoms with E-state index >= 15 is 0 Å². The molecule has 1 aromatic rings. The average molecular weight is 443 g/mol. The highest BCUT2D eigenvalue weighted by atomic mass is 16.3. The molecule has 1 aromatic carbocycles. The van der Waals surface area contributed by atoms with Gasteiger partial charge in [-0.25, -0.2) is 0 Å². The van der Waals surface area contributed by atoms with Crippen molar-refractivity contribution in [3.05, 3.63) is 66.3 Å². The third-order valence-corrected chi connectivity index (χ3v) is 5.44. The number of benzene rings is 1. The van der Waals surface area contributed by atoms with E-state index in [9.17, 15) is 15.0 Å². The third kappa shape index (κ3) is 11.9. The lowest BCUT2D eigenvalue weighted by Crippen LogP contribution is -2.30. The number of amides is 1. The zero-order chi connectivity index (χ0) is 23.8. The maximum atomic E-state index is 11.9. The Bertz CT molecular complexity index is 719. The smallest absolute Gasteiger partial charge is 0.222 e. The molecule has 2 unspecified atom stereocenters. The normalized spacial score (nSPS) is 13.8. The van der Waals surface area contributed by atoms with Crippen molar-refractivity contribution in [2.24, 2.45) is 0 Å². The van der Waals surface area contributed by atoms with Crippen LogP contribution in [0.15, 0.2) is 60.7 Å². The molecule has 1 rings (SSSR count). The SMILES string of the molecule is CCN(CC)C(=O)CCCCC(O)/C=C/C=C/C=C/C(O)CCc1ccc(N(C)C)cc1. The van der Waals surface area contributed by atoms with Gasteiger partial charge in [-0.2, -0.15) is 0 Å². The van der Waals surface area contributed by atoms with Crippen molar-refractivity contribution in [3.63, 3.8) is 0 Å². The fraction of sp³-hybridized carbons (Fsp3) is 0.519. The predicted molar refractivity (Wildman–Crippen MR) is 135 cm³/mol. The second-order valence-electron chi connectivity index (χ2n) is 8.20. The molecule has 178 valence electrons. The highest BCUT2D eigenvalue weighted by Crippen LogP contribution is 2.14. The van der Waals surface area contributed by atoms with Gasteiger partial charge >= 0.3 is 0 Å². The molecule has 5 nitrogen and oxygen atoms in total. The molecule has 0 aliphatic carbocycles. The van der Waals surface area contributed by atoms with Crippen molar-refractivity contribution in [2.75, 3.05) is 32.1 Å². The number of carbonyl (C=O) groups excluding carboxylic acids is 1. The Morgan fingerprint density at radius 2 is 1.44 bits per heavy atom. The fourth-order valence-electron chi connectivity index (χ4n) is 3.35. The van der Waals surface area contributed by atoms with Crippen LogP contribution in [0.25, 0.3) is 0 Å². The number of aliphatic hydroxyl groups is 2. The summed E-state index contributed by atoms with van der Waals surface area (Å²) in [5.74, 6) is 0.194. The van der Waals surface area contributed by atoms with Crippen LogP contribution < -0.4 is 4.90 Å². The van der Waals surface area contributed by atoms with Gasteiger partial charge in [0.2, 0.25) is 5.91 Å². The van der Waals surface area contributed by atoms with Gasteiger partial charge in [-0.05, 0) is 57.2 Å². The molecule has 0 saturated carbocycles. The number of hydrogen-bond donors (Lipinski definition) is 2. The summed E-state index contributed by atoms with van der Waals surface area (Å²) < 4.78 is 0. The minimum absolute atomic E-state index is 0.194. The Morgan fingerprint density at radius 1 is 0.875 bits per heavy atom. The molecular formula is C27H42N2O3. The average Bonchev–Trinajstić information content (AvgIpc) is 2.78. The highest BCUT2D eigenvalue weighted by Gasteiger charge is 2.09. The molecule has 5 heteroatoms. The summed E-state index contributed by atoms with van der Waals surface area (Å²) in [5, 5.41) is 20.1. The van der Waals surface area contributed by atoms with Gasteiger partial charge < -0.3 is 20.0 Å². The lowest BCUT2D eigenvalue weighted by atomic mass is 10.1. The molecule has 0 spiro atoms. The minimum atomic E-state index is -0.503. The van der Waals surface area contributed by atoms with Gasteiger partial charge in [0.05, 0.1) is 12.2 Å². The second-order valence-corrected chi connectivity index (χ2v) is 8.20. The molecule has 2 N–H and O–H groups in total. The quantitative estimate of drug-likeness (QED) is 0.310. The Hall–Kier alpha value is -2.37. The van der Waals surface area contributed by atoms with E-state index in [1.54, 1.807) is 12.2 Å². The number of carbonyl (C=O) groups is 1. The van der Waals surface area contributed by atoms with Crippen LogP contribution >= 0.6 is 0 Å². The van der Waals surface area contributed by atoms with E-state index in [1.165, 1.54) is 11.3 Å². The molecular weight excluding hydrogens is 400 g/mol. The van der Waals surface area contributed by atoms with E-state index < -0.39 is 12.2 Å². The first-order valence-corrected chi connectivity index (χ1v) is 11.8. The summed E-state index contributed by atoms with van der Waals surface area (Å²) in [4.78, 5) is 15.8. The van der Waals surface area contributed by atoms with Gasteiger partial charge in [0.25, 0.3) is 0 Å². The number of aliphatic hydroxyl groups excluding tert-OH is 2. The zero-order valence-corrected chi connectivity index (χ0v) is 20.3. The van der Waals surface area contributed by atoms with Crippen molar-refractivity contribution in [1.82, 2.24) is 4.90 Å². The van der Waals surface area contributed by atoms with Crippen LogP contribution in [0.5, 0.6) is 0 Å². The number of anilines is 1. The van der Waals surface area contributed by atoms with Crippen LogP contribution in [-0.2, 0) is 11.2 Å². The van der Waals surface area contributed by atoms with Crippen LogP contribution in [0.3, 0.4) is 0 Å². The Kier molecular flexibility index (Phi) is 14.1. The van der Waals surface area contributed by atoms with Crippen molar-refractivity contribution in [3.8, 4) is 0 Å². The lowest BCUT2D eigenvalue weighted by Gasteiger charge is -2.18. The summed E-state index contributed by atoms with van der Waals surface area (Å²) in [7, 11) is 4.04. The van der Waals surface area contributed by atoms with E-state index in [-0.39, 0.29) is 5.91 Å². The number of aryl methyl sites for hydroxylation is 1. The largest absolute Gasteiger partial charge is 0.389 e. The molecule has 0 saturated heterocycles. The lowest BCUT2D eigenvalue weighted by molar-refractivity contribution is -0.130. The zero-order valence-electron chi connectivity index (χ0n) is 20.3. The van der Waals surface area contributed by atoms with Crippen molar-refractivity contribution >= 4 is 11.6 Å². The molecule has 2 atom stereocenters. The number of hydrogen-bond acceptors (Lipinski definition) is 4. The molecule has 1 amide bonds. The molecule has 32 heavy (non-hydrogen) atoms. The number of nitrogens with zero attached hydrogens (tertiary/aromatic N) is 2. The Balaban J connectivity index is 2.21. The van der Waals surface area contributed by atoms with Crippen LogP contribution in [0.1, 0.15) is 51.5 Å². The van der Waals surface area contributed by atoms with Gasteiger partial charge in [-0.3, -0.25) is 4.79 Å². The van der Waals surface area contributed by atoms with Crippen molar-refractivity contribution in [1.29, 1.82) is 0 Å². The van der Waals surface area contributed by atoms with Crippen molar-refractivity contribution in [2.45, 2.75) is 64.6 Å². The Labute approximate surface area is 194 Å². The third-order valence-electron chi connectivity index (χ3n) is 5.44. The summed E-state index contributed by atoms with van der Waals surface area (Å²) in [6, 6.07) is 8.38. The van der Waals surface area contributed by atoms with E-state index in [4.69, 9.17) is 0 Å². The summed E-state index contributed by atoms with van der Waals surface area (Å²) >= 11 is 0. The van der Waals surface area contributed by atoms with Crippen LogP contribution in [0, 0.1) is 0 Å². The fourth-order valence-corrected chi connectivity index (χ4v) is 3.35. The van der Waals surface area contributed by atoms with Gasteiger partial charge in [-0.15, -0.1) is 0 Å². The molecule has 0 fully saturated rings. The summed E-state index contributed by atoms with van der Waals surface area (Å²) in [6.07, 6.45) is 14.2. The topological polar surface area (TPSA) is 64.0 Å². The monoisotopic (exact) mass is 442 g/mol. The van der Waals surface area contributed by atoms with Gasteiger partial charge in [0, 0.05) is 39.3 Å². The van der Waals surface area contributed by atoms with Gasteiger partial charge in [0.15, 0.2) is 0 Å². The first-order chi connectivity index (χ1) is 15.4. The minimum Gasteiger partial charge on any atom is -0.389 e. The highest BCUT2D eigenvalue weighted by molar-refractivity contribution is 5.76. The van der Waals surface area contributed by atoms with Crippen LogP contribution in [0.2, 0.25) is 0 Å². The van der Waals surface area contributed by atoms with E-state index in [0.29, 0.717) is 19.3 Å². The second kappa shape index (κ2) is 16.3. The summed E-state index contributed by atoms with van der Waals surface area (Å²) in [5.41, 5.74) is 2.39. The van der Waals surface area contributed by atoms with Crippen LogP contribution in [0.4, 0.5) is 5.69 Å². The van der Waals surface area contributed by atoms with Gasteiger partial charge in [0.1, 0.15) is 0 Å². The number of unbranched alkanes of at least 4 members (excludes halogenated alkanes) is 1.